The number of nitrogens with zero attached hydrogens (tertiary/aromatic N) is 3. The van der Waals surface area contributed by atoms with Crippen molar-refractivity contribution in [1.82, 2.24) is 19.4 Å². The van der Waals surface area contributed by atoms with Crippen molar-refractivity contribution in [3.8, 4) is 0 Å². The van der Waals surface area contributed by atoms with Crippen LogP contribution in [0.1, 0.15) is 31.2 Å². The van der Waals surface area contributed by atoms with Crippen molar-refractivity contribution >= 4 is 22.0 Å². The molecule has 2 fully saturated rings. The van der Waals surface area contributed by atoms with Gasteiger partial charge in [-0.3, -0.25) is 4.79 Å². The number of likely N-dealkylation sites (N-methyl/N-ethyl adjacent to an activating group) is 1. The van der Waals surface area contributed by atoms with E-state index in [0.717, 1.165) is 51.1 Å². The number of piperidine rings is 1. The second-order valence-electron chi connectivity index (χ2n) is 8.57. The van der Waals surface area contributed by atoms with Gasteiger partial charge in [-0.15, -0.1) is 0 Å². The first-order chi connectivity index (χ1) is 14.9. The van der Waals surface area contributed by atoms with Crippen LogP contribution in [0.4, 0.5) is 0 Å². The number of benzene rings is 1. The van der Waals surface area contributed by atoms with Crippen LogP contribution in [0.3, 0.4) is 0 Å². The number of hydrogen-bond donors (Lipinski definition) is 1. The maximum Gasteiger partial charge on any atom is 0.236 e. The first-order valence-corrected chi connectivity index (χ1v) is 12.9. The number of nitrogens with one attached hydrogen (secondary N) is 1. The molecule has 0 unspecified atom stereocenters. The van der Waals surface area contributed by atoms with E-state index in [1.807, 2.05) is 30.3 Å². The van der Waals surface area contributed by atoms with E-state index >= 15 is 0 Å². The molecule has 2 heterocycles. The van der Waals surface area contributed by atoms with Gasteiger partial charge in [-0.05, 0) is 50.9 Å². The summed E-state index contributed by atoms with van der Waals surface area (Å²) in [4.78, 5) is 17.3. The minimum Gasteiger partial charge on any atom is -0.356 e. The smallest absolute Gasteiger partial charge is 0.236 e. The van der Waals surface area contributed by atoms with Crippen LogP contribution in [0.2, 0.25) is 0 Å². The second-order valence-corrected chi connectivity index (χ2v) is 10.4. The molecule has 0 radical (unpaired) electrons. The molecule has 0 aliphatic carbocycles. The lowest BCUT2D eigenvalue weighted by molar-refractivity contribution is -0.126. The van der Waals surface area contributed by atoms with Crippen molar-refractivity contribution in [1.29, 1.82) is 0 Å². The molecule has 7 nitrogen and oxygen atoms in total. The minimum atomic E-state index is -3.46. The number of sulfonamides is 1. The average molecular weight is 449 g/mol. The molecular weight excluding hydrogens is 412 g/mol. The summed E-state index contributed by atoms with van der Waals surface area (Å²) in [5, 5.41) is 4.32. The van der Waals surface area contributed by atoms with Gasteiger partial charge >= 0.3 is 0 Å². The third kappa shape index (κ3) is 7.71. The number of amides is 1. The standard InChI is InChI=1S/C23H36N4O3S/c1-25-16-18-26(19-17-25)13-6-5-12-24-23(28)22-9-14-27(15-10-22)31(29,30)20-11-21-7-3-2-4-8-21/h2-4,7-8,11,20,22H,5-6,9-10,12-19H2,1H3,(H,24,28)/b20-11+. The molecule has 0 spiro atoms. The summed E-state index contributed by atoms with van der Waals surface area (Å²) in [6, 6.07) is 9.39. The van der Waals surface area contributed by atoms with Crippen molar-refractivity contribution in [2.45, 2.75) is 25.7 Å². The number of unbranched alkanes of at least 4 members (excludes halogenated alkanes) is 1. The summed E-state index contributed by atoms with van der Waals surface area (Å²) in [5.41, 5.74) is 0.855. The van der Waals surface area contributed by atoms with Crippen LogP contribution in [-0.2, 0) is 14.8 Å². The number of carbonyl (C=O) groups excluding carboxylic acids is 1. The number of hydrogen-bond acceptors (Lipinski definition) is 5. The molecule has 2 aliphatic rings. The van der Waals surface area contributed by atoms with Crippen LogP contribution in [0.25, 0.3) is 6.08 Å². The third-order valence-corrected chi connectivity index (χ3v) is 7.78. The third-order valence-electron chi connectivity index (χ3n) is 6.21. The largest absolute Gasteiger partial charge is 0.356 e. The highest BCUT2D eigenvalue weighted by molar-refractivity contribution is 7.92. The molecule has 0 aromatic heterocycles. The molecule has 0 bridgehead atoms. The van der Waals surface area contributed by atoms with Crippen LogP contribution >= 0.6 is 0 Å². The lowest BCUT2D eigenvalue weighted by Crippen LogP contribution is -2.44. The van der Waals surface area contributed by atoms with E-state index in [9.17, 15) is 13.2 Å². The van der Waals surface area contributed by atoms with Gasteiger partial charge in [0.25, 0.3) is 0 Å². The molecule has 31 heavy (non-hydrogen) atoms. The lowest BCUT2D eigenvalue weighted by Gasteiger charge is -2.32. The SMILES string of the molecule is CN1CCN(CCCCNC(=O)C2CCN(S(=O)(=O)/C=C/c3ccccc3)CC2)CC1. The van der Waals surface area contributed by atoms with E-state index in [0.29, 0.717) is 32.5 Å². The first kappa shape index (κ1) is 23.9. The van der Waals surface area contributed by atoms with E-state index in [-0.39, 0.29) is 11.8 Å². The zero-order valence-electron chi connectivity index (χ0n) is 18.6. The van der Waals surface area contributed by atoms with Gasteiger partial charge in [0.1, 0.15) is 0 Å². The van der Waals surface area contributed by atoms with Gasteiger partial charge < -0.3 is 15.1 Å². The summed E-state index contributed by atoms with van der Waals surface area (Å²) in [6.07, 6.45) is 4.84. The Morgan fingerprint density at radius 1 is 1.03 bits per heavy atom. The van der Waals surface area contributed by atoms with Gasteiger partial charge in [-0.1, -0.05) is 30.3 Å². The van der Waals surface area contributed by atoms with Crippen LogP contribution in [0.15, 0.2) is 35.7 Å². The van der Waals surface area contributed by atoms with Crippen LogP contribution in [0.5, 0.6) is 0 Å². The minimum absolute atomic E-state index is 0.0662. The Hall–Kier alpha value is -1.74. The van der Waals surface area contributed by atoms with Crippen LogP contribution in [0, 0.1) is 5.92 Å². The van der Waals surface area contributed by atoms with Crippen molar-refractivity contribution < 1.29 is 13.2 Å². The van der Waals surface area contributed by atoms with E-state index in [1.165, 1.54) is 9.71 Å². The van der Waals surface area contributed by atoms with Gasteiger partial charge in [0, 0.05) is 57.1 Å². The van der Waals surface area contributed by atoms with Gasteiger partial charge in [0.2, 0.25) is 15.9 Å². The fourth-order valence-corrected chi connectivity index (χ4v) is 5.30. The molecule has 1 aromatic carbocycles. The van der Waals surface area contributed by atoms with E-state index < -0.39 is 10.0 Å². The molecule has 1 amide bonds. The number of rotatable bonds is 9. The highest BCUT2D eigenvalue weighted by atomic mass is 32.2. The monoisotopic (exact) mass is 448 g/mol. The normalized spacial score (nSPS) is 20.3. The Labute approximate surface area is 187 Å². The molecule has 172 valence electrons. The van der Waals surface area contributed by atoms with E-state index in [4.69, 9.17) is 0 Å². The van der Waals surface area contributed by atoms with Crippen molar-refractivity contribution in [3.05, 3.63) is 41.3 Å². The quantitative estimate of drug-likeness (QED) is 0.584. The summed E-state index contributed by atoms with van der Waals surface area (Å²) < 4.78 is 26.6. The maximum atomic E-state index is 12.6. The van der Waals surface area contributed by atoms with E-state index in [1.54, 1.807) is 6.08 Å². The second kappa shape index (κ2) is 11.8. The molecule has 0 saturated carbocycles. The Morgan fingerprint density at radius 3 is 2.39 bits per heavy atom. The molecule has 3 rings (SSSR count). The summed E-state index contributed by atoms with van der Waals surface area (Å²) in [6.45, 7) is 7.10. The molecule has 0 atom stereocenters. The average Bonchev–Trinajstić information content (AvgIpc) is 2.79. The predicted octanol–water partition coefficient (Wildman–Crippen LogP) is 1.84. The molecule has 8 heteroatoms. The first-order valence-electron chi connectivity index (χ1n) is 11.4. The van der Waals surface area contributed by atoms with E-state index in [2.05, 4.69) is 22.2 Å². The number of carbonyl (C=O) groups is 1. The predicted molar refractivity (Wildman–Crippen MR) is 125 cm³/mol. The van der Waals surface area contributed by atoms with Gasteiger partial charge in [0.15, 0.2) is 0 Å². The van der Waals surface area contributed by atoms with Crippen LogP contribution in [-0.4, -0.2) is 87.8 Å². The van der Waals surface area contributed by atoms with Gasteiger partial charge in [-0.2, -0.15) is 4.31 Å². The van der Waals surface area contributed by atoms with Gasteiger partial charge in [-0.25, -0.2) is 8.42 Å². The fourth-order valence-electron chi connectivity index (χ4n) is 4.08. The van der Waals surface area contributed by atoms with Crippen molar-refractivity contribution in [2.24, 2.45) is 5.92 Å². The topological polar surface area (TPSA) is 73.0 Å². The van der Waals surface area contributed by atoms with Crippen molar-refractivity contribution in [3.63, 3.8) is 0 Å². The Bertz CT molecular complexity index is 812. The molecule has 2 saturated heterocycles. The highest BCUT2D eigenvalue weighted by Gasteiger charge is 2.29. The summed E-state index contributed by atoms with van der Waals surface area (Å²) in [5.74, 6) is -0.0290. The van der Waals surface area contributed by atoms with Crippen LogP contribution < -0.4 is 5.32 Å². The Morgan fingerprint density at radius 2 is 1.71 bits per heavy atom. The zero-order valence-corrected chi connectivity index (χ0v) is 19.4. The summed E-state index contributed by atoms with van der Waals surface area (Å²) >= 11 is 0. The molecular formula is C23H36N4O3S. The molecule has 1 aromatic rings. The maximum absolute atomic E-state index is 12.6. The number of piperazine rings is 1. The van der Waals surface area contributed by atoms with Gasteiger partial charge in [0.05, 0.1) is 0 Å². The summed E-state index contributed by atoms with van der Waals surface area (Å²) in [7, 11) is -1.29. The molecule has 1 N–H and O–H groups in total. The lowest BCUT2D eigenvalue weighted by atomic mass is 9.97. The van der Waals surface area contributed by atoms with Crippen molar-refractivity contribution in [2.75, 3.05) is 59.4 Å². The Balaban J connectivity index is 1.32. The fraction of sp³-hybridized carbons (Fsp3) is 0.609. The highest BCUT2D eigenvalue weighted by Crippen LogP contribution is 2.21. The molecule has 2 aliphatic heterocycles. The Kier molecular flexibility index (Phi) is 9.07. The zero-order chi connectivity index (χ0) is 22.1.